The molecule has 3 aliphatic heterocycles. The smallest absolute Gasteiger partial charge is 0.263 e. The number of aromatic nitrogens is 2. The first-order chi connectivity index (χ1) is 12.1. The third kappa shape index (κ3) is 3.78. The van der Waals surface area contributed by atoms with Gasteiger partial charge < -0.3 is 15.5 Å². The van der Waals surface area contributed by atoms with Crippen molar-refractivity contribution in [3.05, 3.63) is 34.1 Å². The molecule has 0 saturated carbocycles. The van der Waals surface area contributed by atoms with Gasteiger partial charge in [0.05, 0.1) is 6.20 Å². The third-order valence-electron chi connectivity index (χ3n) is 4.88. The molecule has 3 aliphatic rings. The fourth-order valence-electron chi connectivity index (χ4n) is 3.63. The summed E-state index contributed by atoms with van der Waals surface area (Å²) in [5.74, 6) is 0.578. The van der Waals surface area contributed by atoms with Crippen molar-refractivity contribution in [1.82, 2.24) is 20.2 Å². The summed E-state index contributed by atoms with van der Waals surface area (Å²) in [4.78, 5) is 24.0. The number of nitrogens with zero attached hydrogens (tertiary/aromatic N) is 3. The number of hydrogen-bond acceptors (Lipinski definition) is 6. The van der Waals surface area contributed by atoms with E-state index in [0.717, 1.165) is 17.9 Å². The van der Waals surface area contributed by atoms with Crippen LogP contribution in [0.1, 0.15) is 28.2 Å². The largest absolute Gasteiger partial charge is 0.347 e. The number of carbonyl (C=O) groups excluding carboxylic acids is 1. The first-order valence-electron chi connectivity index (χ1n) is 8.47. The Morgan fingerprint density at radius 3 is 2.84 bits per heavy atom. The first kappa shape index (κ1) is 16.8. The molecule has 1 unspecified atom stereocenters. The number of pyridine rings is 1. The molecule has 5 heterocycles. The van der Waals surface area contributed by atoms with Crippen LogP contribution in [0.4, 0.5) is 10.8 Å². The fourth-order valence-corrected chi connectivity index (χ4v) is 4.62. The highest BCUT2D eigenvalue weighted by Gasteiger charge is 2.35. The van der Waals surface area contributed by atoms with E-state index in [-0.39, 0.29) is 11.9 Å². The van der Waals surface area contributed by atoms with Gasteiger partial charge in [-0.25, -0.2) is 9.97 Å². The maximum absolute atomic E-state index is 12.5. The summed E-state index contributed by atoms with van der Waals surface area (Å²) in [6.45, 7) is 5.18. The van der Waals surface area contributed by atoms with Gasteiger partial charge in [0.1, 0.15) is 10.0 Å². The standard InChI is InChI=1S/C17H20ClN5OS/c1-10-6-12(7-15(18)20-10)21-17-19-8-14(25-17)16(24)22-13-9-23-4-2-11(13)3-5-23/h6-8,11,13H,2-5,9H2,1H3,(H,22,24)(H,19,20,21). The van der Waals surface area contributed by atoms with Crippen molar-refractivity contribution in [3.8, 4) is 0 Å². The Hall–Kier alpha value is -1.70. The third-order valence-corrected chi connectivity index (χ3v) is 5.98. The summed E-state index contributed by atoms with van der Waals surface area (Å²) in [5.41, 5.74) is 1.64. The predicted octanol–water partition coefficient (Wildman–Crippen LogP) is 3.07. The molecule has 2 N–H and O–H groups in total. The van der Waals surface area contributed by atoms with Crippen LogP contribution in [0.2, 0.25) is 5.15 Å². The zero-order valence-electron chi connectivity index (χ0n) is 14.0. The highest BCUT2D eigenvalue weighted by molar-refractivity contribution is 7.17. The van der Waals surface area contributed by atoms with E-state index in [1.165, 1.54) is 37.3 Å². The van der Waals surface area contributed by atoms with Gasteiger partial charge in [-0.2, -0.15) is 0 Å². The number of amides is 1. The Balaban J connectivity index is 1.41. The van der Waals surface area contributed by atoms with E-state index < -0.39 is 0 Å². The molecule has 2 bridgehead atoms. The molecule has 0 aromatic carbocycles. The first-order valence-corrected chi connectivity index (χ1v) is 9.66. The van der Waals surface area contributed by atoms with Crippen molar-refractivity contribution in [2.75, 3.05) is 25.0 Å². The van der Waals surface area contributed by atoms with Gasteiger partial charge in [-0.3, -0.25) is 4.79 Å². The summed E-state index contributed by atoms with van der Waals surface area (Å²) in [6.07, 6.45) is 3.99. The van der Waals surface area contributed by atoms with Crippen LogP contribution >= 0.6 is 22.9 Å². The Morgan fingerprint density at radius 2 is 2.16 bits per heavy atom. The van der Waals surface area contributed by atoms with E-state index >= 15 is 0 Å². The van der Waals surface area contributed by atoms with Crippen molar-refractivity contribution < 1.29 is 4.79 Å². The highest BCUT2D eigenvalue weighted by Crippen LogP contribution is 2.29. The van der Waals surface area contributed by atoms with E-state index in [1.54, 1.807) is 12.3 Å². The molecule has 3 fully saturated rings. The lowest BCUT2D eigenvalue weighted by Crippen LogP contribution is -2.57. The van der Waals surface area contributed by atoms with Gasteiger partial charge in [0.25, 0.3) is 5.91 Å². The highest BCUT2D eigenvalue weighted by atomic mass is 35.5. The molecule has 2 aromatic heterocycles. The van der Waals surface area contributed by atoms with Gasteiger partial charge >= 0.3 is 0 Å². The quantitative estimate of drug-likeness (QED) is 0.801. The van der Waals surface area contributed by atoms with Crippen molar-refractivity contribution in [2.45, 2.75) is 25.8 Å². The van der Waals surface area contributed by atoms with Crippen molar-refractivity contribution in [1.29, 1.82) is 0 Å². The lowest BCUT2D eigenvalue weighted by Gasteiger charge is -2.44. The monoisotopic (exact) mass is 377 g/mol. The molecule has 2 aromatic rings. The normalized spacial score (nSPS) is 25.0. The van der Waals surface area contributed by atoms with Crippen molar-refractivity contribution in [2.24, 2.45) is 5.92 Å². The predicted molar refractivity (Wildman–Crippen MR) is 99.8 cm³/mol. The van der Waals surface area contributed by atoms with E-state index in [1.807, 2.05) is 13.0 Å². The number of halogens is 1. The molecular weight excluding hydrogens is 358 g/mol. The number of aryl methyl sites for hydroxylation is 1. The minimum absolute atomic E-state index is 0.0340. The van der Waals surface area contributed by atoms with E-state index in [2.05, 4.69) is 25.5 Å². The fraction of sp³-hybridized carbons (Fsp3) is 0.471. The molecule has 1 atom stereocenters. The van der Waals surface area contributed by atoms with Crippen LogP contribution in [-0.4, -0.2) is 46.5 Å². The second kappa shape index (κ2) is 6.90. The maximum atomic E-state index is 12.5. The Kier molecular flexibility index (Phi) is 4.62. The van der Waals surface area contributed by atoms with E-state index in [4.69, 9.17) is 11.6 Å². The molecule has 6 nitrogen and oxygen atoms in total. The van der Waals surface area contributed by atoms with Crippen LogP contribution in [0.5, 0.6) is 0 Å². The van der Waals surface area contributed by atoms with Gasteiger partial charge in [0.2, 0.25) is 0 Å². The molecule has 1 amide bonds. The number of thiazole rings is 1. The SMILES string of the molecule is Cc1cc(Nc2ncc(C(=O)NC3CN4CCC3CC4)s2)cc(Cl)n1. The number of piperidine rings is 3. The summed E-state index contributed by atoms with van der Waals surface area (Å²) < 4.78 is 0. The van der Waals surface area contributed by atoms with Crippen molar-refractivity contribution >= 4 is 39.7 Å². The maximum Gasteiger partial charge on any atom is 0.263 e. The average molecular weight is 378 g/mol. The van der Waals surface area contributed by atoms with Crippen LogP contribution in [0.3, 0.4) is 0 Å². The Bertz CT molecular complexity index is 767. The number of anilines is 2. The van der Waals surface area contributed by atoms with Gasteiger partial charge in [0, 0.05) is 24.0 Å². The molecule has 8 heteroatoms. The van der Waals surface area contributed by atoms with Gasteiger partial charge in [-0.15, -0.1) is 0 Å². The van der Waals surface area contributed by atoms with Crippen LogP contribution in [0.15, 0.2) is 18.3 Å². The number of carbonyl (C=O) groups is 1. The zero-order chi connectivity index (χ0) is 17.4. The molecule has 0 aliphatic carbocycles. The Labute approximate surface area is 155 Å². The zero-order valence-corrected chi connectivity index (χ0v) is 15.5. The van der Waals surface area contributed by atoms with Gasteiger partial charge in [-0.1, -0.05) is 22.9 Å². The number of fused-ring (bicyclic) bond motifs is 3. The number of rotatable bonds is 4. The molecule has 5 rings (SSSR count). The molecule has 0 spiro atoms. The van der Waals surface area contributed by atoms with Crippen LogP contribution in [0, 0.1) is 12.8 Å². The topological polar surface area (TPSA) is 70.2 Å². The lowest BCUT2D eigenvalue weighted by atomic mass is 9.84. The summed E-state index contributed by atoms with van der Waals surface area (Å²) in [5, 5.41) is 7.48. The van der Waals surface area contributed by atoms with Crippen LogP contribution in [-0.2, 0) is 0 Å². The Morgan fingerprint density at radius 1 is 1.36 bits per heavy atom. The number of nitrogens with one attached hydrogen (secondary N) is 2. The molecular formula is C17H20ClN5OS. The minimum Gasteiger partial charge on any atom is -0.347 e. The van der Waals surface area contributed by atoms with Gasteiger partial charge in [0.15, 0.2) is 5.13 Å². The van der Waals surface area contributed by atoms with Crippen LogP contribution in [0.25, 0.3) is 0 Å². The van der Waals surface area contributed by atoms with Crippen LogP contribution < -0.4 is 10.6 Å². The molecule has 0 radical (unpaired) electrons. The second-order valence-corrected chi connectivity index (χ2v) is 8.11. The molecule has 25 heavy (non-hydrogen) atoms. The minimum atomic E-state index is -0.0340. The van der Waals surface area contributed by atoms with Crippen molar-refractivity contribution in [3.63, 3.8) is 0 Å². The summed E-state index contributed by atoms with van der Waals surface area (Å²) in [6, 6.07) is 3.89. The van der Waals surface area contributed by atoms with E-state index in [0.29, 0.717) is 21.1 Å². The van der Waals surface area contributed by atoms with E-state index in [9.17, 15) is 4.79 Å². The van der Waals surface area contributed by atoms with Gasteiger partial charge in [-0.05, 0) is 50.9 Å². The average Bonchev–Trinajstić information content (AvgIpc) is 3.03. The summed E-state index contributed by atoms with van der Waals surface area (Å²) >= 11 is 7.32. The lowest BCUT2D eigenvalue weighted by molar-refractivity contribution is 0.0622. The molecule has 3 saturated heterocycles. The molecule has 132 valence electrons. The number of hydrogen-bond donors (Lipinski definition) is 2. The summed E-state index contributed by atoms with van der Waals surface area (Å²) in [7, 11) is 0. The second-order valence-electron chi connectivity index (χ2n) is 6.69.